The van der Waals surface area contributed by atoms with E-state index in [9.17, 15) is 8.42 Å². The smallest absolute Gasteiger partial charge is 0.263 e. The van der Waals surface area contributed by atoms with Gasteiger partial charge in [-0.1, -0.05) is 0 Å². The van der Waals surface area contributed by atoms with Gasteiger partial charge in [-0.3, -0.25) is 4.72 Å². The van der Waals surface area contributed by atoms with E-state index >= 15 is 0 Å². The number of nitrogens with two attached hydrogens (primary N) is 1. The van der Waals surface area contributed by atoms with Gasteiger partial charge in [0.25, 0.3) is 10.0 Å². The molecule has 0 amide bonds. The van der Waals surface area contributed by atoms with Crippen molar-refractivity contribution in [3.8, 4) is 5.88 Å². The van der Waals surface area contributed by atoms with Crippen molar-refractivity contribution >= 4 is 43.0 Å². The number of rotatable bonds is 6. The number of hydrogen-bond donors (Lipinski definition) is 2. The van der Waals surface area contributed by atoms with Gasteiger partial charge < -0.3 is 10.5 Å². The Kier molecular flexibility index (Phi) is 5.20. The summed E-state index contributed by atoms with van der Waals surface area (Å²) in [5, 5.41) is 0. The van der Waals surface area contributed by atoms with Crippen molar-refractivity contribution in [2.24, 2.45) is 5.73 Å². The zero-order valence-electron chi connectivity index (χ0n) is 11.2. The van der Waals surface area contributed by atoms with E-state index < -0.39 is 10.0 Å². The number of pyridine rings is 1. The Hall–Kier alpha value is -1.16. The van der Waals surface area contributed by atoms with E-state index in [0.29, 0.717) is 28.5 Å². The molecule has 0 saturated carbocycles. The average molecular weight is 392 g/mol. The van der Waals surface area contributed by atoms with Crippen molar-refractivity contribution in [1.29, 1.82) is 0 Å². The van der Waals surface area contributed by atoms with E-state index in [4.69, 9.17) is 10.5 Å². The van der Waals surface area contributed by atoms with Gasteiger partial charge in [-0.15, -0.1) is 11.3 Å². The number of nitrogens with one attached hydrogen (secondary N) is 1. The Labute approximate surface area is 135 Å². The van der Waals surface area contributed by atoms with Crippen LogP contribution in [0.5, 0.6) is 5.88 Å². The topological polar surface area (TPSA) is 94.3 Å². The minimum Gasteiger partial charge on any atom is -0.478 e. The SMILES string of the molecule is CCOc1ccc(NS(=O)(=O)c2cc(CN)sc2Br)cn1. The summed E-state index contributed by atoms with van der Waals surface area (Å²) in [7, 11) is -3.68. The molecule has 114 valence electrons. The Morgan fingerprint density at radius 3 is 2.76 bits per heavy atom. The summed E-state index contributed by atoms with van der Waals surface area (Å²) in [6, 6.07) is 4.76. The highest BCUT2D eigenvalue weighted by molar-refractivity contribution is 9.11. The predicted octanol–water partition coefficient (Wildman–Crippen LogP) is 2.56. The van der Waals surface area contributed by atoms with Crippen molar-refractivity contribution < 1.29 is 13.2 Å². The molecule has 0 radical (unpaired) electrons. The first-order valence-corrected chi connectivity index (χ1v) is 9.15. The van der Waals surface area contributed by atoms with Crippen molar-refractivity contribution in [2.75, 3.05) is 11.3 Å². The highest BCUT2D eigenvalue weighted by Crippen LogP contribution is 2.32. The molecule has 2 aromatic heterocycles. The molecule has 0 atom stereocenters. The summed E-state index contributed by atoms with van der Waals surface area (Å²) in [6.07, 6.45) is 1.41. The van der Waals surface area contributed by atoms with Crippen LogP contribution in [0.15, 0.2) is 33.1 Å². The Morgan fingerprint density at radius 1 is 1.48 bits per heavy atom. The van der Waals surface area contributed by atoms with Gasteiger partial charge in [-0.05, 0) is 35.0 Å². The molecule has 2 aromatic rings. The predicted molar refractivity (Wildman–Crippen MR) is 86.1 cm³/mol. The van der Waals surface area contributed by atoms with Crippen LogP contribution in [0.3, 0.4) is 0 Å². The summed E-state index contributed by atoms with van der Waals surface area (Å²) in [5.41, 5.74) is 5.89. The van der Waals surface area contributed by atoms with Crippen LogP contribution < -0.4 is 15.2 Å². The fourth-order valence-electron chi connectivity index (χ4n) is 1.57. The largest absolute Gasteiger partial charge is 0.478 e. The minimum atomic E-state index is -3.68. The molecule has 0 spiro atoms. The monoisotopic (exact) mass is 391 g/mol. The summed E-state index contributed by atoms with van der Waals surface area (Å²) >= 11 is 4.55. The Bertz CT molecular complexity index is 714. The maximum absolute atomic E-state index is 12.3. The molecule has 0 aliphatic rings. The third-order valence-electron chi connectivity index (χ3n) is 2.48. The van der Waals surface area contributed by atoms with E-state index in [-0.39, 0.29) is 4.90 Å². The Morgan fingerprint density at radius 2 is 2.24 bits per heavy atom. The van der Waals surface area contributed by atoms with Gasteiger partial charge in [0, 0.05) is 17.5 Å². The van der Waals surface area contributed by atoms with Crippen LogP contribution >= 0.6 is 27.3 Å². The summed E-state index contributed by atoms with van der Waals surface area (Å²) < 4.78 is 32.9. The zero-order chi connectivity index (χ0) is 15.5. The first kappa shape index (κ1) is 16.2. The summed E-state index contributed by atoms with van der Waals surface area (Å²) in [6.45, 7) is 2.65. The van der Waals surface area contributed by atoms with Crippen LogP contribution in [-0.4, -0.2) is 20.0 Å². The molecule has 0 unspecified atom stereocenters. The lowest BCUT2D eigenvalue weighted by Crippen LogP contribution is -2.13. The molecule has 9 heteroatoms. The molecule has 0 bridgehead atoms. The second-order valence-electron chi connectivity index (χ2n) is 3.98. The highest BCUT2D eigenvalue weighted by atomic mass is 79.9. The third-order valence-corrected chi connectivity index (χ3v) is 6.13. The second kappa shape index (κ2) is 6.73. The molecule has 0 saturated heterocycles. The number of ether oxygens (including phenoxy) is 1. The number of aromatic nitrogens is 1. The number of sulfonamides is 1. The number of thiophene rings is 1. The molecule has 2 heterocycles. The number of nitrogens with zero attached hydrogens (tertiary/aromatic N) is 1. The van der Waals surface area contributed by atoms with Crippen molar-refractivity contribution in [3.63, 3.8) is 0 Å². The normalized spacial score (nSPS) is 11.4. The van der Waals surface area contributed by atoms with Crippen molar-refractivity contribution in [1.82, 2.24) is 4.98 Å². The molecular weight excluding hydrogens is 378 g/mol. The molecule has 0 aliphatic heterocycles. The summed E-state index contributed by atoms with van der Waals surface area (Å²) in [4.78, 5) is 4.96. The third kappa shape index (κ3) is 3.94. The van der Waals surface area contributed by atoms with Crippen LogP contribution in [0.4, 0.5) is 5.69 Å². The van der Waals surface area contributed by atoms with Crippen LogP contribution in [0.1, 0.15) is 11.8 Å². The molecule has 21 heavy (non-hydrogen) atoms. The van der Waals surface area contributed by atoms with Crippen LogP contribution in [0.25, 0.3) is 0 Å². The lowest BCUT2D eigenvalue weighted by molar-refractivity contribution is 0.327. The maximum atomic E-state index is 12.3. The van der Waals surface area contributed by atoms with Gasteiger partial charge in [-0.2, -0.15) is 0 Å². The van der Waals surface area contributed by atoms with Crippen LogP contribution in [0, 0.1) is 0 Å². The van der Waals surface area contributed by atoms with Crippen molar-refractivity contribution in [3.05, 3.63) is 33.1 Å². The maximum Gasteiger partial charge on any atom is 0.263 e. The highest BCUT2D eigenvalue weighted by Gasteiger charge is 2.21. The van der Waals surface area contributed by atoms with E-state index in [1.165, 1.54) is 17.5 Å². The molecule has 0 aromatic carbocycles. The van der Waals surface area contributed by atoms with E-state index in [0.717, 1.165) is 4.88 Å². The van der Waals surface area contributed by atoms with Gasteiger partial charge in [0.1, 0.15) is 4.90 Å². The van der Waals surface area contributed by atoms with Gasteiger partial charge in [0.15, 0.2) is 0 Å². The minimum absolute atomic E-state index is 0.168. The van der Waals surface area contributed by atoms with Gasteiger partial charge in [-0.25, -0.2) is 13.4 Å². The molecule has 6 nitrogen and oxygen atoms in total. The first-order chi connectivity index (χ1) is 9.96. The summed E-state index contributed by atoms with van der Waals surface area (Å²) in [5.74, 6) is 0.447. The zero-order valence-corrected chi connectivity index (χ0v) is 14.4. The number of halogens is 1. The number of anilines is 1. The van der Waals surface area contributed by atoms with Gasteiger partial charge in [0.2, 0.25) is 5.88 Å². The Balaban J connectivity index is 2.22. The standard InChI is InChI=1S/C12H14BrN3O3S2/c1-2-19-11-4-3-8(7-15-11)16-21(17,18)10-5-9(6-14)20-12(10)13/h3-5,7,16H,2,6,14H2,1H3. The van der Waals surface area contributed by atoms with Gasteiger partial charge >= 0.3 is 0 Å². The van der Waals surface area contributed by atoms with E-state index in [2.05, 4.69) is 25.6 Å². The fraction of sp³-hybridized carbons (Fsp3) is 0.250. The molecule has 0 fully saturated rings. The average Bonchev–Trinajstić information content (AvgIpc) is 2.83. The van der Waals surface area contributed by atoms with E-state index in [1.54, 1.807) is 18.2 Å². The second-order valence-corrected chi connectivity index (χ2v) is 8.08. The van der Waals surface area contributed by atoms with Crippen molar-refractivity contribution in [2.45, 2.75) is 18.4 Å². The molecule has 2 rings (SSSR count). The molecule has 3 N–H and O–H groups in total. The molecule has 0 aliphatic carbocycles. The lowest BCUT2D eigenvalue weighted by Gasteiger charge is -2.07. The number of hydrogen-bond acceptors (Lipinski definition) is 6. The fourth-order valence-corrected chi connectivity index (χ4v) is 5.17. The quantitative estimate of drug-likeness (QED) is 0.788. The van der Waals surface area contributed by atoms with Crippen LogP contribution in [-0.2, 0) is 16.6 Å². The molecular formula is C12H14BrN3O3S2. The first-order valence-electron chi connectivity index (χ1n) is 6.06. The van der Waals surface area contributed by atoms with E-state index in [1.807, 2.05) is 6.92 Å². The lowest BCUT2D eigenvalue weighted by atomic mass is 10.4. The van der Waals surface area contributed by atoms with Gasteiger partial charge in [0.05, 0.1) is 22.3 Å². The van der Waals surface area contributed by atoms with Crippen LogP contribution in [0.2, 0.25) is 0 Å².